The van der Waals surface area contributed by atoms with E-state index in [2.05, 4.69) is 40.4 Å². The van der Waals surface area contributed by atoms with Crippen molar-refractivity contribution in [3.63, 3.8) is 0 Å². The summed E-state index contributed by atoms with van der Waals surface area (Å²) in [5.41, 5.74) is 0.167. The number of carbonyl (C=O) groups excluding carboxylic acids is 1. The Hall–Kier alpha value is -0.290. The Balaban J connectivity index is 2.26. The first-order chi connectivity index (χ1) is 9.38. The van der Waals surface area contributed by atoms with Gasteiger partial charge in [-0.15, -0.1) is 0 Å². The number of hydrogen-bond acceptors (Lipinski definition) is 2. The molecular formula is C14H17BrCl2N2O. The second-order valence-electron chi connectivity index (χ2n) is 5.41. The van der Waals surface area contributed by atoms with Crippen LogP contribution in [0.15, 0.2) is 16.6 Å². The molecule has 2 rings (SSSR count). The number of anilines is 1. The molecule has 1 aliphatic heterocycles. The Kier molecular flexibility index (Phi) is 5.00. The maximum Gasteiger partial charge on any atom is 0.232 e. The molecule has 0 saturated carbocycles. The van der Waals surface area contributed by atoms with Crippen molar-refractivity contribution in [1.29, 1.82) is 0 Å². The van der Waals surface area contributed by atoms with Crippen molar-refractivity contribution < 1.29 is 4.79 Å². The fourth-order valence-corrected chi connectivity index (χ4v) is 3.35. The summed E-state index contributed by atoms with van der Waals surface area (Å²) < 4.78 is 0.711. The zero-order chi connectivity index (χ0) is 14.9. The van der Waals surface area contributed by atoms with E-state index in [1.807, 2.05) is 0 Å². The van der Waals surface area contributed by atoms with Gasteiger partial charge in [-0.05, 0) is 46.9 Å². The largest absolute Gasteiger partial charge is 0.324 e. The van der Waals surface area contributed by atoms with E-state index in [0.717, 1.165) is 13.0 Å². The second kappa shape index (κ2) is 6.22. The summed E-state index contributed by atoms with van der Waals surface area (Å²) in [6.07, 6.45) is 0.832. The summed E-state index contributed by atoms with van der Waals surface area (Å²) in [5.74, 6) is 0.250. The summed E-state index contributed by atoms with van der Waals surface area (Å²) in [5, 5.41) is 6.97. The van der Waals surface area contributed by atoms with E-state index in [1.165, 1.54) is 0 Å². The smallest absolute Gasteiger partial charge is 0.232 e. The van der Waals surface area contributed by atoms with Crippen molar-refractivity contribution in [2.45, 2.75) is 20.3 Å². The van der Waals surface area contributed by atoms with E-state index < -0.39 is 0 Å². The molecule has 2 N–H and O–H groups in total. The molecule has 20 heavy (non-hydrogen) atoms. The minimum atomic E-state index is -0.386. The van der Waals surface area contributed by atoms with Crippen LogP contribution in [0, 0.1) is 11.3 Å². The Morgan fingerprint density at radius 1 is 1.40 bits per heavy atom. The molecule has 1 unspecified atom stereocenters. The van der Waals surface area contributed by atoms with Gasteiger partial charge >= 0.3 is 0 Å². The average Bonchev–Trinajstić information content (AvgIpc) is 2.90. The third-order valence-electron chi connectivity index (χ3n) is 4.03. The first-order valence-electron chi connectivity index (χ1n) is 6.54. The van der Waals surface area contributed by atoms with Gasteiger partial charge < -0.3 is 10.6 Å². The molecule has 1 aromatic carbocycles. The summed E-state index contributed by atoms with van der Waals surface area (Å²) >= 11 is 15.6. The van der Waals surface area contributed by atoms with E-state index in [9.17, 15) is 4.79 Å². The molecule has 1 atom stereocenters. The number of nitrogens with one attached hydrogen (secondary N) is 2. The van der Waals surface area contributed by atoms with E-state index in [4.69, 9.17) is 23.2 Å². The van der Waals surface area contributed by atoms with Gasteiger partial charge in [-0.2, -0.15) is 0 Å². The number of rotatable bonds is 3. The fraction of sp³-hybridized carbons (Fsp3) is 0.500. The predicted octanol–water partition coefficient (Wildman–Crippen LogP) is 4.33. The van der Waals surface area contributed by atoms with Gasteiger partial charge in [0, 0.05) is 11.0 Å². The fourth-order valence-electron chi connectivity index (χ4n) is 2.53. The van der Waals surface area contributed by atoms with Crippen LogP contribution in [-0.4, -0.2) is 19.0 Å². The lowest BCUT2D eigenvalue weighted by atomic mass is 9.75. The molecule has 1 aromatic rings. The van der Waals surface area contributed by atoms with Gasteiger partial charge in [0.15, 0.2) is 0 Å². The average molecular weight is 380 g/mol. The van der Waals surface area contributed by atoms with E-state index in [1.54, 1.807) is 12.1 Å². The molecule has 0 aliphatic carbocycles. The molecule has 1 saturated heterocycles. The highest BCUT2D eigenvalue weighted by molar-refractivity contribution is 9.10. The molecule has 0 radical (unpaired) electrons. The normalized spacial score (nSPS) is 22.3. The first kappa shape index (κ1) is 16.1. The zero-order valence-corrected chi connectivity index (χ0v) is 14.5. The highest BCUT2D eigenvalue weighted by atomic mass is 79.9. The SMILES string of the molecule is CC(C)C1(C(=O)Nc2ccc(Br)c(Cl)c2Cl)CCNC1. The lowest BCUT2D eigenvalue weighted by Crippen LogP contribution is -2.42. The van der Waals surface area contributed by atoms with Crippen molar-refractivity contribution >= 4 is 50.7 Å². The van der Waals surface area contributed by atoms with Crippen molar-refractivity contribution in [3.8, 4) is 0 Å². The van der Waals surface area contributed by atoms with Crippen molar-refractivity contribution in [2.75, 3.05) is 18.4 Å². The van der Waals surface area contributed by atoms with Gasteiger partial charge in [-0.25, -0.2) is 0 Å². The summed E-state index contributed by atoms with van der Waals surface area (Å²) in [4.78, 5) is 12.7. The number of amides is 1. The monoisotopic (exact) mass is 378 g/mol. The van der Waals surface area contributed by atoms with E-state index >= 15 is 0 Å². The van der Waals surface area contributed by atoms with Gasteiger partial charge in [0.05, 0.1) is 21.1 Å². The van der Waals surface area contributed by atoms with Gasteiger partial charge in [-0.3, -0.25) is 4.79 Å². The van der Waals surface area contributed by atoms with Crippen LogP contribution in [0.5, 0.6) is 0 Å². The Bertz CT molecular complexity index is 528. The number of benzene rings is 1. The molecule has 6 heteroatoms. The molecule has 1 heterocycles. The van der Waals surface area contributed by atoms with Gasteiger partial charge in [0.2, 0.25) is 5.91 Å². The van der Waals surface area contributed by atoms with E-state index in [-0.39, 0.29) is 17.2 Å². The molecule has 1 aliphatic rings. The minimum absolute atomic E-state index is 0.00205. The van der Waals surface area contributed by atoms with Crippen LogP contribution in [0.4, 0.5) is 5.69 Å². The van der Waals surface area contributed by atoms with Crippen LogP contribution in [0.3, 0.4) is 0 Å². The van der Waals surface area contributed by atoms with Gasteiger partial charge in [0.25, 0.3) is 0 Å². The molecule has 0 bridgehead atoms. The molecule has 1 amide bonds. The molecule has 3 nitrogen and oxygen atoms in total. The summed E-state index contributed by atoms with van der Waals surface area (Å²) in [7, 11) is 0. The molecule has 1 fully saturated rings. The van der Waals surface area contributed by atoms with Crippen LogP contribution in [-0.2, 0) is 4.79 Å². The quantitative estimate of drug-likeness (QED) is 0.767. The highest BCUT2D eigenvalue weighted by Gasteiger charge is 2.44. The number of hydrogen-bond donors (Lipinski definition) is 2. The lowest BCUT2D eigenvalue weighted by molar-refractivity contribution is -0.126. The maximum absolute atomic E-state index is 12.7. The van der Waals surface area contributed by atoms with Crippen LogP contribution >= 0.6 is 39.1 Å². The molecule has 110 valence electrons. The van der Waals surface area contributed by atoms with Crippen molar-refractivity contribution in [1.82, 2.24) is 5.32 Å². The zero-order valence-electron chi connectivity index (χ0n) is 11.4. The maximum atomic E-state index is 12.7. The Morgan fingerprint density at radius 3 is 2.65 bits per heavy atom. The lowest BCUT2D eigenvalue weighted by Gasteiger charge is -2.31. The van der Waals surface area contributed by atoms with E-state index in [0.29, 0.717) is 26.8 Å². The minimum Gasteiger partial charge on any atom is -0.324 e. The van der Waals surface area contributed by atoms with Gasteiger partial charge in [0.1, 0.15) is 0 Å². The molecule has 0 spiro atoms. The van der Waals surface area contributed by atoms with Crippen molar-refractivity contribution in [3.05, 3.63) is 26.7 Å². The van der Waals surface area contributed by atoms with Crippen LogP contribution in [0.1, 0.15) is 20.3 Å². The van der Waals surface area contributed by atoms with Gasteiger partial charge in [-0.1, -0.05) is 37.0 Å². The standard InChI is InChI=1S/C14H17BrCl2N2O/c1-8(2)14(5-6-18-7-14)13(20)19-10-4-3-9(15)11(16)12(10)17/h3-4,8,18H,5-7H2,1-2H3,(H,19,20). The summed E-state index contributed by atoms with van der Waals surface area (Å²) in [6.45, 7) is 5.70. The Morgan fingerprint density at radius 2 is 2.10 bits per heavy atom. The molecular weight excluding hydrogens is 363 g/mol. The first-order valence-corrected chi connectivity index (χ1v) is 8.09. The molecule has 0 aromatic heterocycles. The highest BCUT2D eigenvalue weighted by Crippen LogP contribution is 2.39. The van der Waals surface area contributed by atoms with Crippen LogP contribution in [0.25, 0.3) is 0 Å². The number of halogens is 3. The number of carbonyl (C=O) groups is 1. The third-order valence-corrected chi connectivity index (χ3v) is 5.80. The van der Waals surface area contributed by atoms with Crippen LogP contribution in [0.2, 0.25) is 10.0 Å². The summed E-state index contributed by atoms with van der Waals surface area (Å²) in [6, 6.07) is 3.53. The second-order valence-corrected chi connectivity index (χ2v) is 7.02. The van der Waals surface area contributed by atoms with Crippen LogP contribution < -0.4 is 10.6 Å². The predicted molar refractivity (Wildman–Crippen MR) is 87.5 cm³/mol. The third kappa shape index (κ3) is 2.84. The van der Waals surface area contributed by atoms with Crippen molar-refractivity contribution in [2.24, 2.45) is 11.3 Å². The Labute approximate surface area is 137 Å². The topological polar surface area (TPSA) is 41.1 Å².